The molecular formula is C23H28BFO4. The summed E-state index contributed by atoms with van der Waals surface area (Å²) in [5, 5.41) is 0. The molecular weight excluding hydrogens is 370 g/mol. The first kappa shape index (κ1) is 21.4. The zero-order valence-corrected chi connectivity index (χ0v) is 17.7. The van der Waals surface area contributed by atoms with Crippen molar-refractivity contribution in [3.8, 4) is 11.5 Å². The first-order valence-corrected chi connectivity index (χ1v) is 9.80. The molecule has 6 heteroatoms. The van der Waals surface area contributed by atoms with Crippen LogP contribution in [0.15, 0.2) is 60.3 Å². The van der Waals surface area contributed by atoms with E-state index in [4.69, 9.17) is 18.8 Å². The van der Waals surface area contributed by atoms with Crippen molar-refractivity contribution in [1.82, 2.24) is 0 Å². The molecule has 2 aromatic carbocycles. The zero-order valence-electron chi connectivity index (χ0n) is 17.7. The molecule has 1 fully saturated rings. The molecule has 154 valence electrons. The van der Waals surface area contributed by atoms with Crippen molar-refractivity contribution in [2.75, 3.05) is 13.7 Å². The summed E-state index contributed by atoms with van der Waals surface area (Å²) in [5.41, 5.74) is -0.468. The van der Waals surface area contributed by atoms with Gasteiger partial charge in [-0.3, -0.25) is 0 Å². The quantitative estimate of drug-likeness (QED) is 0.579. The average Bonchev–Trinajstić information content (AvgIpc) is 2.93. The zero-order chi connectivity index (χ0) is 21.1. The number of para-hydroxylation sites is 1. The second-order valence-corrected chi connectivity index (χ2v) is 8.06. The van der Waals surface area contributed by atoms with Crippen molar-refractivity contribution in [1.29, 1.82) is 0 Å². The highest BCUT2D eigenvalue weighted by Gasteiger charge is 2.53. The van der Waals surface area contributed by atoms with E-state index >= 15 is 4.39 Å². The third-order valence-electron chi connectivity index (χ3n) is 5.53. The number of hydrogen-bond donors (Lipinski definition) is 0. The third kappa shape index (κ3) is 4.82. The Balaban J connectivity index is 1.88. The summed E-state index contributed by atoms with van der Waals surface area (Å²) in [5.74, 6) is 1.40. The highest BCUT2D eigenvalue weighted by molar-refractivity contribution is 6.55. The molecule has 2 aromatic rings. The van der Waals surface area contributed by atoms with Gasteiger partial charge in [-0.25, -0.2) is 4.39 Å². The Bertz CT molecular complexity index is 848. The number of rotatable bonds is 7. The van der Waals surface area contributed by atoms with Crippen molar-refractivity contribution in [2.45, 2.75) is 45.3 Å². The van der Waals surface area contributed by atoms with Crippen LogP contribution in [0.1, 0.15) is 39.7 Å². The second-order valence-electron chi connectivity index (χ2n) is 8.06. The average molecular weight is 398 g/mol. The fourth-order valence-electron chi connectivity index (χ4n) is 3.09. The van der Waals surface area contributed by atoms with E-state index in [-0.39, 0.29) is 0 Å². The normalized spacial score (nSPS) is 18.3. The largest absolute Gasteiger partial charge is 0.525 e. The van der Waals surface area contributed by atoms with E-state index < -0.39 is 24.0 Å². The van der Waals surface area contributed by atoms with Crippen molar-refractivity contribution >= 4 is 12.7 Å². The Morgan fingerprint density at radius 2 is 1.55 bits per heavy atom. The molecule has 1 aliphatic rings. The standard InChI is InChI=1S/C23H28BFO4/c1-22(2)23(3,4)29-24(28-22)21(25)20(17-10-9-13-19(16-17)26-5)14-15-27-18-11-7-6-8-12-18/h6-13,16H,14-15H2,1-5H3. The fourth-order valence-corrected chi connectivity index (χ4v) is 3.09. The molecule has 1 heterocycles. The van der Waals surface area contributed by atoms with Gasteiger partial charge in [0.25, 0.3) is 0 Å². The van der Waals surface area contributed by atoms with E-state index in [1.165, 1.54) is 0 Å². The molecule has 4 nitrogen and oxygen atoms in total. The summed E-state index contributed by atoms with van der Waals surface area (Å²) in [7, 11) is 0.531. The lowest BCUT2D eigenvalue weighted by atomic mass is 9.82. The molecule has 0 aromatic heterocycles. The fraction of sp³-hybridized carbons (Fsp3) is 0.391. The van der Waals surface area contributed by atoms with Gasteiger partial charge >= 0.3 is 7.12 Å². The van der Waals surface area contributed by atoms with E-state index in [0.29, 0.717) is 29.9 Å². The van der Waals surface area contributed by atoms with Crippen LogP contribution < -0.4 is 9.47 Å². The van der Waals surface area contributed by atoms with Crippen LogP contribution in [0.4, 0.5) is 4.39 Å². The van der Waals surface area contributed by atoms with Crippen LogP contribution in [0.5, 0.6) is 11.5 Å². The molecule has 0 radical (unpaired) electrons. The van der Waals surface area contributed by atoms with Gasteiger partial charge in [0.1, 0.15) is 17.2 Å². The Labute approximate surface area is 172 Å². The molecule has 29 heavy (non-hydrogen) atoms. The lowest BCUT2D eigenvalue weighted by Gasteiger charge is -2.32. The van der Waals surface area contributed by atoms with Gasteiger partial charge in [0.2, 0.25) is 0 Å². The number of benzene rings is 2. The Morgan fingerprint density at radius 3 is 2.17 bits per heavy atom. The summed E-state index contributed by atoms with van der Waals surface area (Å²) in [6.45, 7) is 7.95. The minimum atomic E-state index is -1.06. The van der Waals surface area contributed by atoms with Gasteiger partial charge in [0.05, 0.1) is 24.9 Å². The van der Waals surface area contributed by atoms with Crippen LogP contribution in [0.25, 0.3) is 5.57 Å². The number of hydrogen-bond acceptors (Lipinski definition) is 4. The summed E-state index contributed by atoms with van der Waals surface area (Å²) in [6.07, 6.45) is 0.359. The molecule has 3 rings (SSSR count). The van der Waals surface area contributed by atoms with Gasteiger partial charge in [0, 0.05) is 6.42 Å². The predicted octanol–water partition coefficient (Wildman–Crippen LogP) is 5.48. The molecule has 0 N–H and O–H groups in total. The van der Waals surface area contributed by atoms with E-state index in [2.05, 4.69) is 0 Å². The second kappa shape index (κ2) is 8.60. The number of methoxy groups -OCH3 is 1. The van der Waals surface area contributed by atoms with Gasteiger partial charge in [-0.05, 0) is 63.1 Å². The maximum Gasteiger partial charge on any atom is 0.525 e. The van der Waals surface area contributed by atoms with Crippen molar-refractivity contribution in [2.24, 2.45) is 0 Å². The summed E-state index contributed by atoms with van der Waals surface area (Å²) in [6, 6.07) is 16.8. The monoisotopic (exact) mass is 398 g/mol. The lowest BCUT2D eigenvalue weighted by molar-refractivity contribution is 0.00578. The predicted molar refractivity (Wildman–Crippen MR) is 114 cm³/mol. The maximum absolute atomic E-state index is 15.6. The summed E-state index contributed by atoms with van der Waals surface area (Å²) < 4.78 is 38.6. The Hall–Kier alpha value is -2.31. The van der Waals surface area contributed by atoms with Crippen molar-refractivity contribution in [3.05, 3.63) is 65.9 Å². The van der Waals surface area contributed by atoms with E-state index in [1.54, 1.807) is 7.11 Å². The number of ether oxygens (including phenoxy) is 2. The minimum Gasteiger partial charge on any atom is -0.497 e. The molecule has 0 amide bonds. The molecule has 0 saturated carbocycles. The van der Waals surface area contributed by atoms with E-state index in [1.807, 2.05) is 82.3 Å². The van der Waals surface area contributed by atoms with Crippen LogP contribution in [-0.2, 0) is 9.31 Å². The van der Waals surface area contributed by atoms with Crippen LogP contribution >= 0.6 is 0 Å². The van der Waals surface area contributed by atoms with Crippen LogP contribution in [-0.4, -0.2) is 32.0 Å². The highest BCUT2D eigenvalue weighted by Crippen LogP contribution is 2.41. The van der Waals surface area contributed by atoms with Gasteiger partial charge in [-0.15, -0.1) is 0 Å². The van der Waals surface area contributed by atoms with Crippen molar-refractivity contribution < 1.29 is 23.2 Å². The molecule has 0 aliphatic carbocycles. The molecule has 1 aliphatic heterocycles. The highest BCUT2D eigenvalue weighted by atomic mass is 19.1. The lowest BCUT2D eigenvalue weighted by Crippen LogP contribution is -2.41. The SMILES string of the molecule is COc1cccc(C(CCOc2ccccc2)=C(F)B2OC(C)(C)C(C)(C)O2)c1. The molecule has 0 bridgehead atoms. The Morgan fingerprint density at radius 1 is 0.931 bits per heavy atom. The molecule has 0 spiro atoms. The summed E-state index contributed by atoms with van der Waals surface area (Å²) >= 11 is 0. The maximum atomic E-state index is 15.6. The van der Waals surface area contributed by atoms with Crippen LogP contribution in [0.2, 0.25) is 0 Å². The number of halogens is 1. The van der Waals surface area contributed by atoms with Gasteiger partial charge in [-0.1, -0.05) is 30.3 Å². The van der Waals surface area contributed by atoms with Crippen LogP contribution in [0, 0.1) is 0 Å². The molecule has 0 atom stereocenters. The first-order valence-electron chi connectivity index (χ1n) is 9.80. The summed E-state index contributed by atoms with van der Waals surface area (Å²) in [4.78, 5) is 0. The topological polar surface area (TPSA) is 36.9 Å². The molecule has 1 saturated heterocycles. The van der Waals surface area contributed by atoms with Gasteiger partial charge in [0.15, 0.2) is 0 Å². The smallest absolute Gasteiger partial charge is 0.497 e. The third-order valence-corrected chi connectivity index (χ3v) is 5.53. The first-order chi connectivity index (χ1) is 13.7. The van der Waals surface area contributed by atoms with Gasteiger partial charge in [-0.2, -0.15) is 0 Å². The van der Waals surface area contributed by atoms with Crippen molar-refractivity contribution in [3.63, 3.8) is 0 Å². The molecule has 0 unspecified atom stereocenters. The van der Waals surface area contributed by atoms with E-state index in [0.717, 1.165) is 5.75 Å². The van der Waals surface area contributed by atoms with Gasteiger partial charge < -0.3 is 18.8 Å². The van der Waals surface area contributed by atoms with Crippen LogP contribution in [0.3, 0.4) is 0 Å². The minimum absolute atomic E-state index is 0.323. The Kier molecular flexibility index (Phi) is 6.34. The van der Waals surface area contributed by atoms with E-state index in [9.17, 15) is 0 Å².